The van der Waals surface area contributed by atoms with E-state index in [-0.39, 0.29) is 18.1 Å². The zero-order valence-corrected chi connectivity index (χ0v) is 11.9. The maximum atomic E-state index is 13.8. The Morgan fingerprint density at radius 3 is 2.00 bits per heavy atom. The number of rotatable bonds is 2. The zero-order chi connectivity index (χ0) is 15.4. The summed E-state index contributed by atoms with van der Waals surface area (Å²) < 4.78 is 66.9. The second-order valence-corrected chi connectivity index (χ2v) is 7.43. The monoisotopic (exact) mass is 320 g/mol. The van der Waals surface area contributed by atoms with E-state index in [1.807, 2.05) is 0 Å². The molecule has 8 heteroatoms. The number of piperidine rings is 1. The first kappa shape index (κ1) is 14.8. The molecule has 2 aliphatic heterocycles. The molecule has 2 atom stereocenters. The van der Waals surface area contributed by atoms with Crippen LogP contribution < -0.4 is 5.73 Å². The van der Waals surface area contributed by atoms with Gasteiger partial charge in [-0.15, -0.1) is 0 Å². The van der Waals surface area contributed by atoms with E-state index in [1.54, 1.807) is 0 Å². The quantitative estimate of drug-likeness (QED) is 0.903. The molecule has 2 aliphatic rings. The van der Waals surface area contributed by atoms with E-state index < -0.39 is 32.4 Å². The highest BCUT2D eigenvalue weighted by Gasteiger charge is 2.48. The molecule has 1 aromatic rings. The number of nitrogens with zero attached hydrogens (tertiary/aromatic N) is 1. The van der Waals surface area contributed by atoms with Crippen LogP contribution in [0.2, 0.25) is 0 Å². The second-order valence-electron chi connectivity index (χ2n) is 5.65. The van der Waals surface area contributed by atoms with E-state index in [0.717, 1.165) is 4.31 Å². The summed E-state index contributed by atoms with van der Waals surface area (Å²) in [6.45, 7) is 0. The Bertz CT molecular complexity index is 643. The van der Waals surface area contributed by atoms with Gasteiger partial charge >= 0.3 is 0 Å². The molecule has 2 N–H and O–H groups in total. The number of halogens is 3. The fourth-order valence-electron chi connectivity index (χ4n) is 3.45. The molecule has 2 unspecified atom stereocenters. The van der Waals surface area contributed by atoms with E-state index in [9.17, 15) is 21.6 Å². The van der Waals surface area contributed by atoms with Crippen LogP contribution in [-0.4, -0.2) is 30.8 Å². The molecular formula is C13H15F3N2O2S. The number of fused-ring (bicyclic) bond motifs is 2. The molecule has 1 aromatic carbocycles. The van der Waals surface area contributed by atoms with Crippen LogP contribution in [-0.2, 0) is 10.0 Å². The molecule has 4 nitrogen and oxygen atoms in total. The summed E-state index contributed by atoms with van der Waals surface area (Å²) in [5, 5.41) is 0. The van der Waals surface area contributed by atoms with Crippen molar-refractivity contribution in [2.24, 2.45) is 5.73 Å². The summed E-state index contributed by atoms with van der Waals surface area (Å²) in [7, 11) is -4.34. The van der Waals surface area contributed by atoms with Gasteiger partial charge < -0.3 is 5.73 Å². The summed E-state index contributed by atoms with van der Waals surface area (Å²) in [6.07, 6.45) is 2.20. The molecular weight excluding hydrogens is 305 g/mol. The van der Waals surface area contributed by atoms with Crippen molar-refractivity contribution in [2.45, 2.75) is 48.7 Å². The standard InChI is InChI=1S/C13H15F3N2O2S/c14-7-3-11(15)13(12(16)4-7)21(19,20)18-9-1-2-10(18)6-8(17)5-9/h3-4,8-10H,1-2,5-6,17H2. The Hall–Kier alpha value is -1.12. The van der Waals surface area contributed by atoms with Gasteiger partial charge in [-0.2, -0.15) is 4.31 Å². The van der Waals surface area contributed by atoms with Crippen molar-refractivity contribution in [1.29, 1.82) is 0 Å². The van der Waals surface area contributed by atoms with E-state index in [2.05, 4.69) is 0 Å². The molecule has 0 saturated carbocycles. The molecule has 2 saturated heterocycles. The lowest BCUT2D eigenvalue weighted by molar-refractivity contribution is 0.226. The molecule has 116 valence electrons. The van der Waals surface area contributed by atoms with E-state index in [4.69, 9.17) is 5.73 Å². The van der Waals surface area contributed by atoms with Gasteiger partial charge in [0.2, 0.25) is 10.0 Å². The van der Waals surface area contributed by atoms with Gasteiger partial charge in [0.25, 0.3) is 0 Å². The minimum atomic E-state index is -4.34. The van der Waals surface area contributed by atoms with Gasteiger partial charge in [0, 0.05) is 30.3 Å². The van der Waals surface area contributed by atoms with Crippen LogP contribution in [0.25, 0.3) is 0 Å². The summed E-state index contributed by atoms with van der Waals surface area (Å²) in [6, 6.07) is -0.0155. The highest BCUT2D eigenvalue weighted by Crippen LogP contribution is 2.40. The lowest BCUT2D eigenvalue weighted by Crippen LogP contribution is -2.50. The molecule has 0 amide bonds. The van der Waals surface area contributed by atoms with Crippen LogP contribution in [0.4, 0.5) is 13.2 Å². The highest BCUT2D eigenvalue weighted by atomic mass is 32.2. The first-order valence-electron chi connectivity index (χ1n) is 6.74. The molecule has 3 rings (SSSR count). The smallest absolute Gasteiger partial charge is 0.249 e. The van der Waals surface area contributed by atoms with Crippen molar-refractivity contribution < 1.29 is 21.6 Å². The molecule has 0 radical (unpaired) electrons. The Kier molecular flexibility index (Phi) is 3.50. The summed E-state index contributed by atoms with van der Waals surface area (Å²) in [4.78, 5) is -1.07. The molecule has 0 aromatic heterocycles. The Labute approximate surface area is 120 Å². The average molecular weight is 320 g/mol. The van der Waals surface area contributed by atoms with E-state index >= 15 is 0 Å². The second kappa shape index (κ2) is 4.96. The maximum absolute atomic E-state index is 13.8. The predicted molar refractivity (Wildman–Crippen MR) is 69.4 cm³/mol. The third kappa shape index (κ3) is 2.35. The SMILES string of the molecule is NC1CC2CCC(C1)N2S(=O)(=O)c1c(F)cc(F)cc1F. The topological polar surface area (TPSA) is 63.4 Å². The third-order valence-electron chi connectivity index (χ3n) is 4.20. The molecule has 2 heterocycles. The van der Waals surface area contributed by atoms with Crippen molar-refractivity contribution in [3.63, 3.8) is 0 Å². The van der Waals surface area contributed by atoms with Crippen molar-refractivity contribution in [3.05, 3.63) is 29.6 Å². The Morgan fingerprint density at radius 1 is 1.05 bits per heavy atom. The van der Waals surface area contributed by atoms with Gasteiger partial charge in [0.15, 0.2) is 4.90 Å². The summed E-state index contributed by atoms with van der Waals surface area (Å²) >= 11 is 0. The molecule has 2 fully saturated rings. The van der Waals surface area contributed by atoms with Crippen molar-refractivity contribution >= 4 is 10.0 Å². The van der Waals surface area contributed by atoms with Crippen LogP contribution >= 0.6 is 0 Å². The number of hydrogen-bond acceptors (Lipinski definition) is 3. The molecule has 2 bridgehead atoms. The number of hydrogen-bond donors (Lipinski definition) is 1. The lowest BCUT2D eigenvalue weighted by Gasteiger charge is -2.36. The number of benzene rings is 1. The van der Waals surface area contributed by atoms with Gasteiger partial charge in [-0.3, -0.25) is 0 Å². The first-order chi connectivity index (χ1) is 9.80. The summed E-state index contributed by atoms with van der Waals surface area (Å²) in [5.74, 6) is -3.95. The molecule has 0 spiro atoms. The fraction of sp³-hybridized carbons (Fsp3) is 0.538. The minimum absolute atomic E-state index is 0.100. The molecule has 0 aliphatic carbocycles. The van der Waals surface area contributed by atoms with Gasteiger partial charge in [0.1, 0.15) is 17.5 Å². The first-order valence-corrected chi connectivity index (χ1v) is 8.18. The van der Waals surface area contributed by atoms with Crippen molar-refractivity contribution in [2.75, 3.05) is 0 Å². The van der Waals surface area contributed by atoms with Crippen molar-refractivity contribution in [3.8, 4) is 0 Å². The van der Waals surface area contributed by atoms with Crippen LogP contribution in [0, 0.1) is 17.5 Å². The van der Waals surface area contributed by atoms with Gasteiger partial charge in [-0.1, -0.05) is 0 Å². The fourth-order valence-corrected chi connectivity index (χ4v) is 5.44. The van der Waals surface area contributed by atoms with Crippen LogP contribution in [0.15, 0.2) is 17.0 Å². The largest absolute Gasteiger partial charge is 0.328 e. The van der Waals surface area contributed by atoms with Crippen LogP contribution in [0.1, 0.15) is 25.7 Å². The highest BCUT2D eigenvalue weighted by molar-refractivity contribution is 7.89. The normalized spacial score (nSPS) is 29.8. The molecule has 21 heavy (non-hydrogen) atoms. The maximum Gasteiger partial charge on any atom is 0.249 e. The van der Waals surface area contributed by atoms with Crippen LogP contribution in [0.3, 0.4) is 0 Å². The lowest BCUT2D eigenvalue weighted by atomic mass is 10.0. The number of sulfonamides is 1. The predicted octanol–water partition coefficient (Wildman–Crippen LogP) is 1.75. The third-order valence-corrected chi connectivity index (χ3v) is 6.26. The minimum Gasteiger partial charge on any atom is -0.328 e. The Balaban J connectivity index is 2.06. The summed E-state index contributed by atoms with van der Waals surface area (Å²) in [5.41, 5.74) is 5.86. The zero-order valence-electron chi connectivity index (χ0n) is 11.1. The number of nitrogens with two attached hydrogens (primary N) is 1. The van der Waals surface area contributed by atoms with E-state index in [1.165, 1.54) is 0 Å². The Morgan fingerprint density at radius 2 is 1.52 bits per heavy atom. The van der Waals surface area contributed by atoms with Crippen molar-refractivity contribution in [1.82, 2.24) is 4.31 Å². The van der Waals surface area contributed by atoms with Gasteiger partial charge in [0.05, 0.1) is 0 Å². The van der Waals surface area contributed by atoms with Gasteiger partial charge in [-0.05, 0) is 25.7 Å². The van der Waals surface area contributed by atoms with Gasteiger partial charge in [-0.25, -0.2) is 21.6 Å². The average Bonchev–Trinajstić information content (AvgIpc) is 2.61. The van der Waals surface area contributed by atoms with E-state index in [0.29, 0.717) is 37.8 Å². The van der Waals surface area contributed by atoms with Crippen LogP contribution in [0.5, 0.6) is 0 Å².